The Morgan fingerprint density at radius 2 is 1.85 bits per heavy atom. The summed E-state index contributed by atoms with van der Waals surface area (Å²) < 4.78 is 1.93. The number of likely N-dealkylation sites (tertiary alicyclic amines) is 1. The lowest BCUT2D eigenvalue weighted by Crippen LogP contribution is -2.33. The SMILES string of the molecule is CNC(=O)c1ccc(-c2cn3c(n2)sc2nc(C(=O)NCCCN4CCCCC4)ncc23)cc1. The van der Waals surface area contributed by atoms with Gasteiger partial charge in [-0.2, -0.15) is 0 Å². The highest BCUT2D eigenvalue weighted by Crippen LogP contribution is 2.28. The Balaban J connectivity index is 1.25. The number of hydrogen-bond acceptors (Lipinski definition) is 7. The molecule has 1 aromatic carbocycles. The van der Waals surface area contributed by atoms with Gasteiger partial charge in [0.05, 0.1) is 11.9 Å². The zero-order chi connectivity index (χ0) is 23.5. The molecular weight excluding hydrogens is 450 g/mol. The Labute approximate surface area is 201 Å². The van der Waals surface area contributed by atoms with Crippen LogP contribution in [0.5, 0.6) is 0 Å². The molecule has 0 bridgehead atoms. The zero-order valence-electron chi connectivity index (χ0n) is 19.1. The molecule has 0 atom stereocenters. The van der Waals surface area contributed by atoms with Gasteiger partial charge >= 0.3 is 0 Å². The molecule has 9 nitrogen and oxygen atoms in total. The van der Waals surface area contributed by atoms with Gasteiger partial charge in [0.15, 0.2) is 4.96 Å². The van der Waals surface area contributed by atoms with Gasteiger partial charge in [-0.25, -0.2) is 15.0 Å². The number of aromatic nitrogens is 4. The third-order valence-electron chi connectivity index (χ3n) is 6.12. The van der Waals surface area contributed by atoms with Crippen molar-refractivity contribution in [1.29, 1.82) is 0 Å². The van der Waals surface area contributed by atoms with Crippen molar-refractivity contribution < 1.29 is 9.59 Å². The summed E-state index contributed by atoms with van der Waals surface area (Å²) in [7, 11) is 1.61. The molecule has 1 fully saturated rings. The quantitative estimate of drug-likeness (QED) is 0.397. The molecule has 5 rings (SSSR count). The summed E-state index contributed by atoms with van der Waals surface area (Å²) in [6.07, 6.45) is 8.40. The minimum absolute atomic E-state index is 0.123. The van der Waals surface area contributed by atoms with E-state index >= 15 is 0 Å². The molecule has 2 N–H and O–H groups in total. The number of imidazole rings is 1. The van der Waals surface area contributed by atoms with Crippen molar-refractivity contribution in [2.45, 2.75) is 25.7 Å². The molecule has 2 amide bonds. The van der Waals surface area contributed by atoms with Crippen molar-refractivity contribution >= 4 is 38.5 Å². The molecule has 176 valence electrons. The smallest absolute Gasteiger partial charge is 0.289 e. The number of carbonyl (C=O) groups excluding carboxylic acids is 2. The van der Waals surface area contributed by atoms with Gasteiger partial charge in [0.2, 0.25) is 5.82 Å². The maximum Gasteiger partial charge on any atom is 0.289 e. The van der Waals surface area contributed by atoms with Crippen LogP contribution in [-0.2, 0) is 0 Å². The molecular formula is C24H27N7O2S. The lowest BCUT2D eigenvalue weighted by Gasteiger charge is -2.26. The molecule has 4 aromatic rings. The summed E-state index contributed by atoms with van der Waals surface area (Å²) >= 11 is 1.42. The molecule has 10 heteroatoms. The molecule has 1 aliphatic rings. The lowest BCUT2D eigenvalue weighted by molar-refractivity contribution is 0.0938. The van der Waals surface area contributed by atoms with E-state index in [1.54, 1.807) is 25.4 Å². The van der Waals surface area contributed by atoms with Crippen molar-refractivity contribution in [2.75, 3.05) is 33.2 Å². The van der Waals surface area contributed by atoms with Gasteiger partial charge < -0.3 is 15.5 Å². The van der Waals surface area contributed by atoms with Crippen LogP contribution in [0, 0.1) is 0 Å². The number of hydrogen-bond donors (Lipinski definition) is 2. The normalized spacial score (nSPS) is 14.5. The van der Waals surface area contributed by atoms with Crippen LogP contribution in [0.1, 0.15) is 46.7 Å². The number of fused-ring (bicyclic) bond motifs is 3. The minimum Gasteiger partial charge on any atom is -0.355 e. The van der Waals surface area contributed by atoms with Crippen molar-refractivity contribution in [3.63, 3.8) is 0 Å². The van der Waals surface area contributed by atoms with E-state index in [0.717, 1.165) is 52.6 Å². The second-order valence-electron chi connectivity index (χ2n) is 8.43. The van der Waals surface area contributed by atoms with Crippen molar-refractivity contribution in [3.05, 3.63) is 48.0 Å². The van der Waals surface area contributed by atoms with Gasteiger partial charge in [-0.15, -0.1) is 0 Å². The van der Waals surface area contributed by atoms with E-state index in [9.17, 15) is 9.59 Å². The van der Waals surface area contributed by atoms with Gasteiger partial charge in [-0.1, -0.05) is 29.9 Å². The van der Waals surface area contributed by atoms with E-state index in [2.05, 4.69) is 25.5 Å². The first-order chi connectivity index (χ1) is 16.6. The number of benzene rings is 1. The van der Waals surface area contributed by atoms with Gasteiger partial charge in [-0.3, -0.25) is 14.0 Å². The van der Waals surface area contributed by atoms with E-state index in [1.807, 2.05) is 22.7 Å². The Kier molecular flexibility index (Phi) is 6.50. The topological polar surface area (TPSA) is 105 Å². The van der Waals surface area contributed by atoms with Crippen molar-refractivity contribution in [1.82, 2.24) is 34.9 Å². The number of piperidine rings is 1. The second-order valence-corrected chi connectivity index (χ2v) is 9.39. The van der Waals surface area contributed by atoms with Gasteiger partial charge in [0.1, 0.15) is 10.3 Å². The first-order valence-corrected chi connectivity index (χ1v) is 12.4. The highest BCUT2D eigenvalue weighted by molar-refractivity contribution is 7.23. The molecule has 4 heterocycles. The summed E-state index contributed by atoms with van der Waals surface area (Å²) in [4.78, 5) is 41.7. The van der Waals surface area contributed by atoms with Crippen LogP contribution in [0.15, 0.2) is 36.7 Å². The number of amides is 2. The highest BCUT2D eigenvalue weighted by atomic mass is 32.1. The zero-order valence-corrected chi connectivity index (χ0v) is 19.9. The van der Waals surface area contributed by atoms with Crippen LogP contribution in [0.4, 0.5) is 0 Å². The van der Waals surface area contributed by atoms with Crippen molar-refractivity contribution in [2.24, 2.45) is 0 Å². The van der Waals surface area contributed by atoms with Crippen LogP contribution in [0.3, 0.4) is 0 Å². The maximum atomic E-state index is 12.5. The molecule has 1 aliphatic heterocycles. The largest absolute Gasteiger partial charge is 0.355 e. The van der Waals surface area contributed by atoms with Gasteiger partial charge in [0, 0.05) is 30.9 Å². The first-order valence-electron chi connectivity index (χ1n) is 11.6. The second kappa shape index (κ2) is 9.86. The Morgan fingerprint density at radius 1 is 1.06 bits per heavy atom. The van der Waals surface area contributed by atoms with E-state index in [4.69, 9.17) is 4.98 Å². The number of nitrogens with one attached hydrogen (secondary N) is 2. The van der Waals surface area contributed by atoms with Crippen LogP contribution < -0.4 is 10.6 Å². The first kappa shape index (κ1) is 22.4. The van der Waals surface area contributed by atoms with Crippen LogP contribution >= 0.6 is 11.3 Å². The molecule has 3 aromatic heterocycles. The van der Waals surface area contributed by atoms with E-state index < -0.39 is 0 Å². The maximum absolute atomic E-state index is 12.5. The molecule has 0 saturated carbocycles. The van der Waals surface area contributed by atoms with E-state index in [1.165, 1.54) is 30.6 Å². The van der Waals surface area contributed by atoms with Crippen LogP contribution in [0.25, 0.3) is 26.6 Å². The fraction of sp³-hybridized carbons (Fsp3) is 0.375. The Bertz CT molecular complexity index is 1320. The van der Waals surface area contributed by atoms with E-state index in [-0.39, 0.29) is 17.6 Å². The van der Waals surface area contributed by atoms with Crippen molar-refractivity contribution in [3.8, 4) is 11.3 Å². The van der Waals surface area contributed by atoms with Gasteiger partial charge in [0.25, 0.3) is 11.8 Å². The average Bonchev–Trinajstić information content (AvgIpc) is 3.44. The molecule has 34 heavy (non-hydrogen) atoms. The van der Waals surface area contributed by atoms with Crippen LogP contribution in [-0.4, -0.2) is 69.3 Å². The van der Waals surface area contributed by atoms with Crippen LogP contribution in [0.2, 0.25) is 0 Å². The molecule has 1 saturated heterocycles. The summed E-state index contributed by atoms with van der Waals surface area (Å²) in [5.74, 6) is -0.189. The molecule has 0 aliphatic carbocycles. The Hall–Kier alpha value is -3.37. The molecule has 0 unspecified atom stereocenters. The standard InChI is InChI=1S/C24H27N7O2S/c1-25-21(32)17-8-6-16(7-9-17)18-15-31-19-14-27-20(29-23(19)34-24(31)28-18)22(33)26-10-5-13-30-11-3-2-4-12-30/h6-9,14-15H,2-5,10-13H2,1H3,(H,25,32)(H,26,33). The average molecular weight is 478 g/mol. The minimum atomic E-state index is -0.247. The summed E-state index contributed by atoms with van der Waals surface area (Å²) in [6, 6.07) is 7.31. The molecule has 0 spiro atoms. The fourth-order valence-corrected chi connectivity index (χ4v) is 5.20. The predicted octanol–water partition coefficient (Wildman–Crippen LogP) is 2.97. The molecule has 0 radical (unpaired) electrons. The summed E-state index contributed by atoms with van der Waals surface area (Å²) in [5, 5.41) is 5.56. The third-order valence-corrected chi connectivity index (χ3v) is 7.08. The fourth-order valence-electron chi connectivity index (χ4n) is 4.25. The van der Waals surface area contributed by atoms with Gasteiger partial charge in [-0.05, 0) is 51.0 Å². The highest BCUT2D eigenvalue weighted by Gasteiger charge is 2.16. The summed E-state index contributed by atoms with van der Waals surface area (Å²) in [5.41, 5.74) is 3.12. The number of nitrogens with zero attached hydrogens (tertiary/aromatic N) is 5. The monoisotopic (exact) mass is 477 g/mol. The van der Waals surface area contributed by atoms with E-state index in [0.29, 0.717) is 12.1 Å². The summed E-state index contributed by atoms with van der Waals surface area (Å²) in [6.45, 7) is 3.96. The lowest BCUT2D eigenvalue weighted by atomic mass is 10.1. The number of thiazole rings is 1. The third kappa shape index (κ3) is 4.64. The Morgan fingerprint density at radius 3 is 2.62 bits per heavy atom. The number of rotatable bonds is 7. The predicted molar refractivity (Wildman–Crippen MR) is 132 cm³/mol. The number of carbonyl (C=O) groups is 2.